The molecule has 0 saturated carbocycles. The number of carbonyl (C=O) groups excluding carboxylic acids is 1. The summed E-state index contributed by atoms with van der Waals surface area (Å²) in [5.41, 5.74) is 2.64. The van der Waals surface area contributed by atoms with Crippen LogP contribution in [-0.4, -0.2) is 46.0 Å². The van der Waals surface area contributed by atoms with E-state index in [-0.39, 0.29) is 21.6 Å². The zero-order chi connectivity index (χ0) is 30.2. The van der Waals surface area contributed by atoms with Crippen LogP contribution in [-0.2, 0) is 19.7 Å². The van der Waals surface area contributed by atoms with Gasteiger partial charge in [-0.3, -0.25) is 9.35 Å². The van der Waals surface area contributed by atoms with Crippen molar-refractivity contribution in [2.45, 2.75) is 25.7 Å². The summed E-state index contributed by atoms with van der Waals surface area (Å²) in [4.78, 5) is 35.9. The minimum atomic E-state index is -4.43. The van der Waals surface area contributed by atoms with Crippen LogP contribution in [0.4, 0.5) is 11.4 Å². The van der Waals surface area contributed by atoms with Crippen LogP contribution in [0.1, 0.15) is 39.5 Å². The van der Waals surface area contributed by atoms with Crippen molar-refractivity contribution < 1.29 is 42.7 Å². The lowest BCUT2D eigenvalue weighted by Gasteiger charge is -2.18. The molecule has 1 aliphatic rings. The number of phenols is 1. The van der Waals surface area contributed by atoms with Crippen LogP contribution < -0.4 is 5.32 Å². The fourth-order valence-electron chi connectivity index (χ4n) is 4.51. The third-order valence-electron chi connectivity index (χ3n) is 6.54. The number of benzene rings is 3. The molecule has 4 rings (SSSR count). The summed E-state index contributed by atoms with van der Waals surface area (Å²) in [6.45, 7) is 4.57. The van der Waals surface area contributed by atoms with Gasteiger partial charge in [0.25, 0.3) is 10.1 Å². The zero-order valence-electron chi connectivity index (χ0n) is 22.1. The van der Waals surface area contributed by atoms with E-state index in [1.165, 1.54) is 38.1 Å². The summed E-state index contributed by atoms with van der Waals surface area (Å²) < 4.78 is 32.9. The molecule has 0 radical (unpaired) electrons. The summed E-state index contributed by atoms with van der Waals surface area (Å²) in [6.07, 6.45) is 2.74. The maximum atomic E-state index is 12.5. The molecule has 0 saturated heterocycles. The van der Waals surface area contributed by atoms with E-state index in [9.17, 15) is 42.7 Å². The van der Waals surface area contributed by atoms with Crippen molar-refractivity contribution in [3.05, 3.63) is 111 Å². The van der Waals surface area contributed by atoms with E-state index in [1.54, 1.807) is 49.4 Å². The minimum Gasteiger partial charge on any atom is -0.507 e. The molecule has 0 heterocycles. The molecule has 11 heteroatoms. The molecule has 0 aliphatic heterocycles. The molecule has 0 fully saturated rings. The van der Waals surface area contributed by atoms with Crippen LogP contribution in [0.25, 0.3) is 5.57 Å². The van der Waals surface area contributed by atoms with Crippen molar-refractivity contribution in [1.82, 2.24) is 0 Å². The minimum absolute atomic E-state index is 0.179. The molecule has 0 spiro atoms. The molecule has 1 aliphatic carbocycles. The number of aliphatic carboxylic acids is 1. The first-order valence-electron chi connectivity index (χ1n) is 12.1. The first-order chi connectivity index (χ1) is 19.2. The molecule has 0 aromatic heterocycles. The van der Waals surface area contributed by atoms with Crippen molar-refractivity contribution in [2.75, 3.05) is 5.32 Å². The number of ketones is 1. The van der Waals surface area contributed by atoms with Crippen molar-refractivity contribution in [3.63, 3.8) is 0 Å². The lowest BCUT2D eigenvalue weighted by atomic mass is 9.85. The van der Waals surface area contributed by atoms with E-state index in [0.717, 1.165) is 0 Å². The normalized spacial score (nSPS) is 14.7. The Bertz CT molecular complexity index is 1830. The number of carboxylic acids is 2. The molecule has 3 aromatic carbocycles. The van der Waals surface area contributed by atoms with E-state index in [4.69, 9.17) is 0 Å². The van der Waals surface area contributed by atoms with Gasteiger partial charge in [0.05, 0.1) is 4.90 Å². The second kappa shape index (κ2) is 10.9. The zero-order valence-corrected chi connectivity index (χ0v) is 22.9. The van der Waals surface area contributed by atoms with Crippen molar-refractivity contribution in [2.24, 2.45) is 0 Å². The predicted molar refractivity (Wildman–Crippen MR) is 151 cm³/mol. The monoisotopic (exact) mass is 575 g/mol. The van der Waals surface area contributed by atoms with Crippen LogP contribution >= 0.6 is 0 Å². The summed E-state index contributed by atoms with van der Waals surface area (Å²) in [5, 5.41) is 32.6. The highest BCUT2D eigenvalue weighted by atomic mass is 32.2. The fraction of sp³-hybridized carbons (Fsp3) is 0.100. The van der Waals surface area contributed by atoms with E-state index in [0.29, 0.717) is 39.2 Å². The third-order valence-corrected chi connectivity index (χ3v) is 7.54. The van der Waals surface area contributed by atoms with E-state index >= 15 is 0 Å². The lowest BCUT2D eigenvalue weighted by molar-refractivity contribution is -0.134. The third kappa shape index (κ3) is 5.96. The average Bonchev–Trinajstić information content (AvgIpc) is 2.89. The number of carbonyl (C=O) groups is 3. The molecule has 210 valence electrons. The van der Waals surface area contributed by atoms with Gasteiger partial charge in [-0.2, -0.15) is 8.42 Å². The molecule has 0 amide bonds. The number of nitrogens with one attached hydrogen (secondary N) is 1. The van der Waals surface area contributed by atoms with Crippen molar-refractivity contribution >= 4 is 44.8 Å². The Balaban J connectivity index is 1.87. The molecule has 5 N–H and O–H groups in total. The van der Waals surface area contributed by atoms with E-state index in [1.807, 2.05) is 0 Å². The van der Waals surface area contributed by atoms with Crippen molar-refractivity contribution in [1.29, 1.82) is 0 Å². The molecule has 3 aromatic rings. The topological polar surface area (TPSA) is 178 Å². The summed E-state index contributed by atoms with van der Waals surface area (Å²) in [6, 6.07) is 14.0. The van der Waals surface area contributed by atoms with Gasteiger partial charge in [-0.1, -0.05) is 18.2 Å². The summed E-state index contributed by atoms with van der Waals surface area (Å²) in [7, 11) is -4.43. The maximum Gasteiger partial charge on any atom is 0.339 e. The molecular formula is C30H25NO9S. The lowest BCUT2D eigenvalue weighted by Crippen LogP contribution is -2.17. The highest BCUT2D eigenvalue weighted by Gasteiger charge is 2.26. The van der Waals surface area contributed by atoms with Gasteiger partial charge in [0, 0.05) is 11.4 Å². The van der Waals surface area contributed by atoms with Crippen LogP contribution in [0.2, 0.25) is 0 Å². The predicted octanol–water partition coefficient (Wildman–Crippen LogP) is 5.04. The Hall–Kier alpha value is -5.00. The molecule has 0 atom stereocenters. The van der Waals surface area contributed by atoms with Gasteiger partial charge in [0.2, 0.25) is 0 Å². The molecule has 0 unspecified atom stereocenters. The first-order valence-corrected chi connectivity index (χ1v) is 13.6. The van der Waals surface area contributed by atoms with Crippen LogP contribution in [0.3, 0.4) is 0 Å². The second-order valence-corrected chi connectivity index (χ2v) is 10.9. The standard InChI is InChI=1S/C30H25NO9S/c1-15-4-7-22(14-25(15)41(38,39)40)31-21-8-5-18(6-9-21)26(19-10-16(2)27(32)23(12-19)29(34)35)20-11-17(3)28(33)24(13-20)30(36)37/h4-14,31-32H,1-3H3,(H,34,35)(H,36,37)(H,38,39,40). The number of anilines is 2. The van der Waals surface area contributed by atoms with Crippen molar-refractivity contribution in [3.8, 4) is 5.75 Å². The van der Waals surface area contributed by atoms with E-state index < -0.39 is 39.2 Å². The Labute approximate surface area is 235 Å². The average molecular weight is 576 g/mol. The molecule has 41 heavy (non-hydrogen) atoms. The number of aryl methyl sites for hydroxylation is 2. The molecular weight excluding hydrogens is 550 g/mol. The number of hydrogen-bond acceptors (Lipinski definition) is 7. The van der Waals surface area contributed by atoms with Gasteiger partial charge in [0.1, 0.15) is 16.9 Å². The fourth-order valence-corrected chi connectivity index (χ4v) is 5.26. The number of rotatable bonds is 7. The van der Waals surface area contributed by atoms with Crippen LogP contribution in [0, 0.1) is 13.8 Å². The van der Waals surface area contributed by atoms with E-state index in [2.05, 4.69) is 5.32 Å². The Kier molecular flexibility index (Phi) is 7.69. The Morgan fingerprint density at radius 1 is 0.780 bits per heavy atom. The number of Topliss-reactive ketones (excluding diaryl/α,β-unsaturated/α-hetero) is 1. The second-order valence-electron chi connectivity index (χ2n) is 9.50. The van der Waals surface area contributed by atoms with Gasteiger partial charge < -0.3 is 20.6 Å². The van der Waals surface area contributed by atoms with Crippen LogP contribution in [0.15, 0.2) is 88.4 Å². The van der Waals surface area contributed by atoms with Gasteiger partial charge in [-0.05, 0) is 108 Å². The quantitative estimate of drug-likeness (QED) is 0.189. The highest BCUT2D eigenvalue weighted by molar-refractivity contribution is 7.85. The van der Waals surface area contributed by atoms with Gasteiger partial charge in [-0.25, -0.2) is 9.59 Å². The summed E-state index contributed by atoms with van der Waals surface area (Å²) >= 11 is 0. The Morgan fingerprint density at radius 3 is 2.00 bits per heavy atom. The smallest absolute Gasteiger partial charge is 0.339 e. The number of aromatic carboxylic acids is 1. The molecule has 0 bridgehead atoms. The van der Waals surface area contributed by atoms with Crippen LogP contribution in [0.5, 0.6) is 5.75 Å². The number of aromatic hydroxyl groups is 1. The molecule has 10 nitrogen and oxygen atoms in total. The van der Waals surface area contributed by atoms with Gasteiger partial charge in [-0.15, -0.1) is 0 Å². The largest absolute Gasteiger partial charge is 0.507 e. The number of hydrogen-bond donors (Lipinski definition) is 5. The first kappa shape index (κ1) is 29.0. The highest BCUT2D eigenvalue weighted by Crippen LogP contribution is 2.36. The summed E-state index contributed by atoms with van der Waals surface area (Å²) in [5.74, 6) is -3.81. The number of carboxylic acid groups (broad SMARTS) is 2. The maximum absolute atomic E-state index is 12.5. The Morgan fingerprint density at radius 2 is 1.41 bits per heavy atom. The van der Waals surface area contributed by atoms with Gasteiger partial charge >= 0.3 is 11.9 Å². The van der Waals surface area contributed by atoms with Gasteiger partial charge in [0.15, 0.2) is 5.78 Å². The number of allylic oxidation sites excluding steroid dienone is 4. The SMILES string of the molecule is CC1=CC(=C(c2ccc(Nc3ccc(C)c(S(=O)(=O)O)c3)cc2)c2cc(C)c(O)c(C(=O)O)c2)C=C(C(=O)O)C1=O.